The van der Waals surface area contributed by atoms with Gasteiger partial charge >= 0.3 is 12.1 Å². The maximum atomic E-state index is 12.7. The summed E-state index contributed by atoms with van der Waals surface area (Å²) in [6.45, 7) is 4.53. The van der Waals surface area contributed by atoms with E-state index in [-0.39, 0.29) is 6.04 Å². The van der Waals surface area contributed by atoms with Gasteiger partial charge in [0.05, 0.1) is 5.56 Å². The lowest BCUT2D eigenvalue weighted by atomic mass is 9.90. The number of aryl methyl sites for hydroxylation is 1. The predicted octanol–water partition coefficient (Wildman–Crippen LogP) is 3.61. The van der Waals surface area contributed by atoms with Gasteiger partial charge in [0.15, 0.2) is 0 Å². The Kier molecular flexibility index (Phi) is 5.26. The van der Waals surface area contributed by atoms with Crippen LogP contribution in [-0.4, -0.2) is 24.6 Å². The van der Waals surface area contributed by atoms with E-state index in [1.54, 1.807) is 12.1 Å². The smallest absolute Gasteiger partial charge is 0.416 e. The highest BCUT2D eigenvalue weighted by molar-refractivity contribution is 5.85. The standard InChI is InChI=1S/C20H21F3N2O2/c1-13-3-9-17(10-4-13)27-18(26)19(11-24-12-19)25-14(2)15-5-7-16(8-6-15)20(21,22)23/h3-10,14,24-25H,11-12H2,1-2H3/t14-/m0/s1. The molecule has 2 aromatic carbocycles. The lowest BCUT2D eigenvalue weighted by Gasteiger charge is -2.42. The summed E-state index contributed by atoms with van der Waals surface area (Å²) in [7, 11) is 0. The van der Waals surface area contributed by atoms with E-state index in [0.29, 0.717) is 24.4 Å². The Hall–Kier alpha value is -2.38. The number of carbonyl (C=O) groups excluding carboxylic acids is 1. The van der Waals surface area contributed by atoms with Crippen molar-refractivity contribution in [2.45, 2.75) is 31.6 Å². The first-order valence-corrected chi connectivity index (χ1v) is 8.64. The molecule has 4 nitrogen and oxygen atoms in total. The van der Waals surface area contributed by atoms with Gasteiger partial charge in [-0.1, -0.05) is 29.8 Å². The summed E-state index contributed by atoms with van der Waals surface area (Å²) in [5, 5.41) is 6.27. The molecule has 0 unspecified atom stereocenters. The zero-order valence-electron chi connectivity index (χ0n) is 15.1. The van der Waals surface area contributed by atoms with Crippen LogP contribution in [0.1, 0.15) is 29.7 Å². The van der Waals surface area contributed by atoms with Gasteiger partial charge in [0.1, 0.15) is 11.3 Å². The molecular weight excluding hydrogens is 357 g/mol. The van der Waals surface area contributed by atoms with Crippen LogP contribution in [0.3, 0.4) is 0 Å². The fourth-order valence-electron chi connectivity index (χ4n) is 2.95. The van der Waals surface area contributed by atoms with Crippen LogP contribution >= 0.6 is 0 Å². The summed E-state index contributed by atoms with van der Waals surface area (Å²) >= 11 is 0. The number of rotatable bonds is 5. The fourth-order valence-corrected chi connectivity index (χ4v) is 2.95. The highest BCUT2D eigenvalue weighted by Crippen LogP contribution is 2.30. The van der Waals surface area contributed by atoms with Crippen LogP contribution in [0.5, 0.6) is 5.75 Å². The van der Waals surface area contributed by atoms with Gasteiger partial charge in [-0.15, -0.1) is 0 Å². The third-order valence-corrected chi connectivity index (χ3v) is 4.71. The summed E-state index contributed by atoms with van der Waals surface area (Å²) in [5.41, 5.74) is 0.117. The number of hydrogen-bond acceptors (Lipinski definition) is 4. The molecule has 144 valence electrons. The second-order valence-corrected chi connectivity index (χ2v) is 6.87. The monoisotopic (exact) mass is 378 g/mol. The van der Waals surface area contributed by atoms with Crippen LogP contribution in [0.25, 0.3) is 0 Å². The molecule has 1 saturated heterocycles. The topological polar surface area (TPSA) is 50.4 Å². The molecule has 0 saturated carbocycles. The van der Waals surface area contributed by atoms with Crippen LogP contribution in [0, 0.1) is 6.92 Å². The first-order valence-electron chi connectivity index (χ1n) is 8.64. The van der Waals surface area contributed by atoms with Gasteiger partial charge in [-0.3, -0.25) is 5.32 Å². The van der Waals surface area contributed by atoms with E-state index in [2.05, 4.69) is 10.6 Å². The van der Waals surface area contributed by atoms with Gasteiger partial charge < -0.3 is 10.1 Å². The third-order valence-electron chi connectivity index (χ3n) is 4.71. The van der Waals surface area contributed by atoms with Gasteiger partial charge in [-0.25, -0.2) is 4.79 Å². The lowest BCUT2D eigenvalue weighted by molar-refractivity contribution is -0.144. The normalized spacial score (nSPS) is 17.1. The molecule has 7 heteroatoms. The van der Waals surface area contributed by atoms with E-state index >= 15 is 0 Å². The van der Waals surface area contributed by atoms with E-state index < -0.39 is 23.2 Å². The minimum Gasteiger partial charge on any atom is -0.425 e. The van der Waals surface area contributed by atoms with Crippen molar-refractivity contribution in [3.05, 3.63) is 65.2 Å². The molecule has 0 aliphatic carbocycles. The van der Waals surface area contributed by atoms with Crippen LogP contribution in [0.2, 0.25) is 0 Å². The molecule has 1 atom stereocenters. The zero-order valence-corrected chi connectivity index (χ0v) is 15.1. The van der Waals surface area contributed by atoms with E-state index in [9.17, 15) is 18.0 Å². The summed E-state index contributed by atoms with van der Waals surface area (Å²) < 4.78 is 43.6. The zero-order chi connectivity index (χ0) is 19.7. The SMILES string of the molecule is Cc1ccc(OC(=O)C2(N[C@@H](C)c3ccc(C(F)(F)F)cc3)CNC2)cc1. The summed E-state index contributed by atoms with van der Waals surface area (Å²) in [5.74, 6) is 0.0460. The molecule has 1 aliphatic heterocycles. The van der Waals surface area contributed by atoms with Crippen molar-refractivity contribution in [3.8, 4) is 5.75 Å². The Balaban J connectivity index is 1.69. The average molecular weight is 378 g/mol. The highest BCUT2D eigenvalue weighted by atomic mass is 19.4. The molecule has 1 aliphatic rings. The van der Waals surface area contributed by atoms with Crippen molar-refractivity contribution in [3.63, 3.8) is 0 Å². The molecule has 0 radical (unpaired) electrons. The molecule has 0 amide bonds. The number of carbonyl (C=O) groups is 1. The van der Waals surface area contributed by atoms with Crippen LogP contribution in [0.15, 0.2) is 48.5 Å². The quantitative estimate of drug-likeness (QED) is 0.617. The molecular formula is C20H21F3N2O2. The molecule has 3 rings (SSSR count). The lowest BCUT2D eigenvalue weighted by Crippen LogP contribution is -2.73. The highest BCUT2D eigenvalue weighted by Gasteiger charge is 2.47. The Bertz CT molecular complexity index is 797. The van der Waals surface area contributed by atoms with E-state index in [0.717, 1.165) is 17.7 Å². The number of benzene rings is 2. The van der Waals surface area contributed by atoms with Crippen LogP contribution in [-0.2, 0) is 11.0 Å². The first kappa shape index (κ1) is 19.4. The Labute approximate surface area is 155 Å². The number of alkyl halides is 3. The molecule has 27 heavy (non-hydrogen) atoms. The van der Waals surface area contributed by atoms with E-state index in [4.69, 9.17) is 4.74 Å². The van der Waals surface area contributed by atoms with Gasteiger partial charge in [-0.05, 0) is 43.7 Å². The Morgan fingerprint density at radius 2 is 1.70 bits per heavy atom. The minimum absolute atomic E-state index is 0.319. The largest absolute Gasteiger partial charge is 0.425 e. The summed E-state index contributed by atoms with van der Waals surface area (Å²) in [4.78, 5) is 12.7. The first-order chi connectivity index (χ1) is 12.7. The molecule has 1 heterocycles. The molecule has 2 N–H and O–H groups in total. The molecule has 0 aromatic heterocycles. The fraction of sp³-hybridized carbons (Fsp3) is 0.350. The van der Waals surface area contributed by atoms with Gasteiger partial charge in [0, 0.05) is 19.1 Å². The average Bonchev–Trinajstić information content (AvgIpc) is 2.59. The minimum atomic E-state index is -4.37. The van der Waals surface area contributed by atoms with E-state index in [1.807, 2.05) is 26.0 Å². The van der Waals surface area contributed by atoms with Gasteiger partial charge in [0.2, 0.25) is 0 Å². The summed E-state index contributed by atoms with van der Waals surface area (Å²) in [6, 6.07) is 11.8. The van der Waals surface area contributed by atoms with Crippen molar-refractivity contribution >= 4 is 5.97 Å². The Morgan fingerprint density at radius 1 is 1.11 bits per heavy atom. The van der Waals surface area contributed by atoms with Crippen molar-refractivity contribution in [1.29, 1.82) is 0 Å². The number of halogens is 3. The maximum absolute atomic E-state index is 12.7. The van der Waals surface area contributed by atoms with Gasteiger partial charge in [-0.2, -0.15) is 13.2 Å². The van der Waals surface area contributed by atoms with Crippen LogP contribution in [0.4, 0.5) is 13.2 Å². The molecule has 1 fully saturated rings. The van der Waals surface area contributed by atoms with Crippen molar-refractivity contribution in [2.75, 3.05) is 13.1 Å². The predicted molar refractivity (Wildman–Crippen MR) is 95.4 cm³/mol. The van der Waals surface area contributed by atoms with Crippen molar-refractivity contribution in [2.24, 2.45) is 0 Å². The second-order valence-electron chi connectivity index (χ2n) is 6.87. The van der Waals surface area contributed by atoms with E-state index in [1.165, 1.54) is 12.1 Å². The number of esters is 1. The number of hydrogen-bond donors (Lipinski definition) is 2. The molecule has 2 aromatic rings. The summed E-state index contributed by atoms with van der Waals surface area (Å²) in [6.07, 6.45) is -4.37. The second kappa shape index (κ2) is 7.32. The van der Waals surface area contributed by atoms with Crippen LogP contribution < -0.4 is 15.4 Å². The number of ether oxygens (including phenoxy) is 1. The molecule has 0 spiro atoms. The number of nitrogens with one attached hydrogen (secondary N) is 2. The Morgan fingerprint density at radius 3 is 2.19 bits per heavy atom. The van der Waals surface area contributed by atoms with Gasteiger partial charge in [0.25, 0.3) is 0 Å². The molecule has 0 bridgehead atoms. The van der Waals surface area contributed by atoms with Crippen molar-refractivity contribution in [1.82, 2.24) is 10.6 Å². The third kappa shape index (κ3) is 4.31. The van der Waals surface area contributed by atoms with Crippen molar-refractivity contribution < 1.29 is 22.7 Å². The maximum Gasteiger partial charge on any atom is 0.416 e.